The molecule has 0 aliphatic carbocycles. The number of benzene rings is 2. The molecule has 3 rings (SSSR count). The molecule has 0 aromatic heterocycles. The highest BCUT2D eigenvalue weighted by atomic mass is 32.2. The van der Waals surface area contributed by atoms with Crippen LogP contribution in [0.5, 0.6) is 5.75 Å². The van der Waals surface area contributed by atoms with E-state index in [1.807, 2.05) is 77.1 Å². The molecule has 0 radical (unpaired) electrons. The largest absolute Gasteiger partial charge is 0.376 e. The van der Waals surface area contributed by atoms with E-state index in [0.29, 0.717) is 30.8 Å². The van der Waals surface area contributed by atoms with Crippen LogP contribution in [-0.4, -0.2) is 60.4 Å². The summed E-state index contributed by atoms with van der Waals surface area (Å²) in [6, 6.07) is 12.8. The molecule has 1 aliphatic heterocycles. The zero-order valence-corrected chi connectivity index (χ0v) is 24.0. The van der Waals surface area contributed by atoms with Crippen molar-refractivity contribution in [3.05, 3.63) is 42.5 Å². The second kappa shape index (κ2) is 12.1. The number of rotatable bonds is 10. The zero-order valence-electron chi connectivity index (χ0n) is 22.4. The molecule has 2 aromatic rings. The lowest BCUT2D eigenvalue weighted by molar-refractivity contribution is -0.159. The van der Waals surface area contributed by atoms with Crippen molar-refractivity contribution in [2.24, 2.45) is 0 Å². The highest BCUT2D eigenvalue weighted by Crippen LogP contribution is 2.36. The number of hydrogen-bond donors (Lipinski definition) is 3. The smallest absolute Gasteiger partial charge is 0.252 e. The molecule has 0 bridgehead atoms. The van der Waals surface area contributed by atoms with Crippen molar-refractivity contribution in [1.29, 1.82) is 0 Å². The molecule has 1 aliphatic rings. The number of nitrogens with one attached hydrogen (secondary N) is 2. The van der Waals surface area contributed by atoms with Crippen LogP contribution in [0.3, 0.4) is 0 Å². The first-order valence-electron chi connectivity index (χ1n) is 12.6. The summed E-state index contributed by atoms with van der Waals surface area (Å²) < 4.78 is 0. The molecule has 3 N–H and O–H groups in total. The number of amides is 1. The number of hydrazine groups is 1. The van der Waals surface area contributed by atoms with E-state index >= 15 is 0 Å². The standard InChI is InChI=1S/C27H38N4O4S2/c1-7-12-23(33)27(29-26(4,5)6)17-37-25(34)31(27)28-24(36)21(8-2)30(18(3)32)35-22-16-11-14-19-13-9-10-15-20(19)22/h9-11,13-16,21,25,29,34H,7-8,12,17H2,1-6H3,(H,28,36). The molecule has 10 heteroatoms. The fourth-order valence-corrected chi connectivity index (χ4v) is 6.00. The molecule has 1 amide bonds. The molecule has 202 valence electrons. The number of carbonyl (C=O) groups is 2. The summed E-state index contributed by atoms with van der Waals surface area (Å²) >= 11 is 7.03. The van der Waals surface area contributed by atoms with Gasteiger partial charge in [0.1, 0.15) is 11.0 Å². The third-order valence-corrected chi connectivity index (χ3v) is 7.51. The number of hydrogen-bond acceptors (Lipinski definition) is 8. The van der Waals surface area contributed by atoms with Crippen LogP contribution in [0.2, 0.25) is 0 Å². The van der Waals surface area contributed by atoms with Crippen LogP contribution in [0.4, 0.5) is 0 Å². The third kappa shape index (κ3) is 6.61. The van der Waals surface area contributed by atoms with Crippen molar-refractivity contribution < 1.29 is 19.5 Å². The average Bonchev–Trinajstić information content (AvgIpc) is 3.13. The second-order valence-corrected chi connectivity index (χ2v) is 11.7. The summed E-state index contributed by atoms with van der Waals surface area (Å²) in [7, 11) is 0. The van der Waals surface area contributed by atoms with Crippen molar-refractivity contribution in [1.82, 2.24) is 20.8 Å². The molecular weight excluding hydrogens is 508 g/mol. The molecule has 8 nitrogen and oxygen atoms in total. The Morgan fingerprint density at radius 3 is 2.54 bits per heavy atom. The Balaban J connectivity index is 1.92. The maximum atomic E-state index is 13.4. The van der Waals surface area contributed by atoms with Gasteiger partial charge in [0, 0.05) is 30.0 Å². The van der Waals surface area contributed by atoms with E-state index in [9.17, 15) is 14.7 Å². The first-order valence-corrected chi connectivity index (χ1v) is 14.1. The molecule has 3 unspecified atom stereocenters. The zero-order chi connectivity index (χ0) is 27.4. The number of nitrogens with zero attached hydrogens (tertiary/aromatic N) is 2. The van der Waals surface area contributed by atoms with Gasteiger partial charge in [0.2, 0.25) is 0 Å². The first-order chi connectivity index (χ1) is 17.4. The van der Waals surface area contributed by atoms with Gasteiger partial charge < -0.3 is 15.4 Å². The number of Topliss-reactive ketones (excluding diaryl/α,β-unsaturated/α-hetero) is 1. The van der Waals surface area contributed by atoms with Gasteiger partial charge in [-0.15, -0.1) is 11.8 Å². The average molecular weight is 547 g/mol. The van der Waals surface area contributed by atoms with E-state index in [1.54, 1.807) is 0 Å². The van der Waals surface area contributed by atoms with Gasteiger partial charge >= 0.3 is 0 Å². The number of carbonyl (C=O) groups excluding carboxylic acids is 2. The van der Waals surface area contributed by atoms with Crippen molar-refractivity contribution in [3.63, 3.8) is 0 Å². The number of hydroxylamine groups is 2. The van der Waals surface area contributed by atoms with Crippen LogP contribution in [0.1, 0.15) is 60.8 Å². The van der Waals surface area contributed by atoms with Gasteiger partial charge in [0.15, 0.2) is 22.8 Å². The van der Waals surface area contributed by atoms with Gasteiger partial charge in [-0.25, -0.2) is 0 Å². The molecule has 0 saturated carbocycles. The fraction of sp³-hybridized carbons (Fsp3) is 0.519. The Labute approximate surface area is 229 Å². The lowest BCUT2D eigenvalue weighted by Crippen LogP contribution is -2.72. The fourth-order valence-electron chi connectivity index (χ4n) is 4.49. The van der Waals surface area contributed by atoms with E-state index in [2.05, 4.69) is 10.7 Å². The Kier molecular flexibility index (Phi) is 9.57. The summed E-state index contributed by atoms with van der Waals surface area (Å²) in [5.74, 6) is 0.530. The highest BCUT2D eigenvalue weighted by molar-refractivity contribution is 8.00. The summed E-state index contributed by atoms with van der Waals surface area (Å²) in [5, 5.41) is 19.0. The minimum atomic E-state index is -1.17. The Morgan fingerprint density at radius 2 is 1.92 bits per heavy atom. The molecule has 37 heavy (non-hydrogen) atoms. The van der Waals surface area contributed by atoms with E-state index in [-0.39, 0.29) is 16.7 Å². The van der Waals surface area contributed by atoms with Gasteiger partial charge in [0.25, 0.3) is 5.91 Å². The second-order valence-electron chi connectivity index (χ2n) is 10.2. The van der Waals surface area contributed by atoms with Gasteiger partial charge in [0.05, 0.1) is 0 Å². The van der Waals surface area contributed by atoms with Crippen molar-refractivity contribution in [2.75, 3.05) is 5.75 Å². The summed E-state index contributed by atoms with van der Waals surface area (Å²) in [5.41, 5.74) is 0.527. The topological polar surface area (TPSA) is 94.1 Å². The van der Waals surface area contributed by atoms with E-state index < -0.39 is 22.8 Å². The normalized spacial score (nSPS) is 21.0. The van der Waals surface area contributed by atoms with Gasteiger partial charge in [-0.3, -0.25) is 14.9 Å². The molecule has 1 heterocycles. The molecular formula is C27H38N4O4S2. The Morgan fingerprint density at radius 1 is 1.24 bits per heavy atom. The molecule has 1 fully saturated rings. The molecule has 1 saturated heterocycles. The molecule has 3 atom stereocenters. The van der Waals surface area contributed by atoms with Crippen LogP contribution < -0.4 is 15.6 Å². The van der Waals surface area contributed by atoms with Crippen molar-refractivity contribution >= 4 is 51.4 Å². The number of thiocarbonyl (C=S) groups is 1. The lowest BCUT2D eigenvalue weighted by Gasteiger charge is -2.43. The monoisotopic (exact) mass is 546 g/mol. The maximum absolute atomic E-state index is 13.4. The quantitative estimate of drug-likeness (QED) is 0.297. The predicted molar refractivity (Wildman–Crippen MR) is 153 cm³/mol. The summed E-state index contributed by atoms with van der Waals surface area (Å²) in [6.07, 6.45) is 1.48. The van der Waals surface area contributed by atoms with Gasteiger partial charge in [-0.1, -0.05) is 62.5 Å². The number of ketones is 1. The molecule has 2 aromatic carbocycles. The van der Waals surface area contributed by atoms with Crippen LogP contribution in [0, 0.1) is 0 Å². The summed E-state index contributed by atoms with van der Waals surface area (Å²) in [6.45, 7) is 11.2. The van der Waals surface area contributed by atoms with Gasteiger partial charge in [-0.05, 0) is 45.1 Å². The third-order valence-electron chi connectivity index (χ3n) is 6.05. The minimum absolute atomic E-state index is 0.0345. The number of aliphatic hydroxyl groups excluding tert-OH is 1. The highest BCUT2D eigenvalue weighted by Gasteiger charge is 2.54. The number of thioether (sulfide) groups is 1. The van der Waals surface area contributed by atoms with E-state index in [1.165, 1.54) is 28.8 Å². The van der Waals surface area contributed by atoms with Crippen molar-refractivity contribution in [2.45, 2.75) is 83.6 Å². The van der Waals surface area contributed by atoms with Crippen molar-refractivity contribution in [3.8, 4) is 5.75 Å². The van der Waals surface area contributed by atoms with Crippen LogP contribution in [-0.2, 0) is 9.59 Å². The van der Waals surface area contributed by atoms with Crippen LogP contribution in [0.15, 0.2) is 42.5 Å². The minimum Gasteiger partial charge on any atom is -0.376 e. The molecule has 0 spiro atoms. The number of fused-ring (bicyclic) bond motifs is 1. The predicted octanol–water partition coefficient (Wildman–Crippen LogP) is 4.37. The number of aliphatic hydroxyl groups is 1. The van der Waals surface area contributed by atoms with Gasteiger partial charge in [-0.2, -0.15) is 10.1 Å². The van der Waals surface area contributed by atoms with Crippen LogP contribution >= 0.6 is 24.0 Å². The van der Waals surface area contributed by atoms with E-state index in [0.717, 1.165) is 10.8 Å². The maximum Gasteiger partial charge on any atom is 0.252 e. The van der Waals surface area contributed by atoms with E-state index in [4.69, 9.17) is 17.1 Å². The Bertz CT molecular complexity index is 1130. The Hall–Kier alpha value is -2.24. The SMILES string of the molecule is CCCC(=O)C1(NC(C)(C)C)CSC(O)N1NC(=S)C(CC)N(Oc1cccc2ccccc12)C(C)=O. The first kappa shape index (κ1) is 29.3. The van der Waals surface area contributed by atoms with Crippen LogP contribution in [0.25, 0.3) is 10.8 Å². The lowest BCUT2D eigenvalue weighted by atomic mass is 9.97. The summed E-state index contributed by atoms with van der Waals surface area (Å²) in [4.78, 5) is 32.6.